The van der Waals surface area contributed by atoms with E-state index in [-0.39, 0.29) is 30.6 Å². The molecule has 2 aliphatic rings. The molecule has 3 rings (SSSR count). The molecule has 1 aromatic carbocycles. The minimum absolute atomic E-state index is 0.0672. The Balaban J connectivity index is 1.86. The van der Waals surface area contributed by atoms with E-state index in [2.05, 4.69) is 33.9 Å². The first-order chi connectivity index (χ1) is 13.1. The Morgan fingerprint density at radius 2 is 2.07 bits per heavy atom. The van der Waals surface area contributed by atoms with Gasteiger partial charge in [-0.2, -0.15) is 0 Å². The fourth-order valence-electron chi connectivity index (χ4n) is 4.05. The van der Waals surface area contributed by atoms with E-state index in [1.165, 1.54) is 11.0 Å². The van der Waals surface area contributed by atoms with Crippen LogP contribution in [0, 0.1) is 17.2 Å². The Kier molecular flexibility index (Phi) is 6.02. The largest absolute Gasteiger partial charge is 0.441 e. The highest BCUT2D eigenvalue weighted by molar-refractivity contribution is 6.48. The minimum atomic E-state index is -1.32. The zero-order chi connectivity index (χ0) is 20.6. The number of anilines is 2. The monoisotopic (exact) mass is 410 g/mol. The van der Waals surface area contributed by atoms with Gasteiger partial charge in [-0.25, -0.2) is 9.18 Å². The molecule has 2 saturated heterocycles. The predicted octanol–water partition coefficient (Wildman–Crippen LogP) is 3.34. The normalized spacial score (nSPS) is 25.7. The number of aliphatic hydroxyl groups excluding tert-OH is 1. The van der Waals surface area contributed by atoms with Gasteiger partial charge in [-0.15, -0.1) is 0 Å². The number of hydrogen-bond acceptors (Lipinski definition) is 5. The summed E-state index contributed by atoms with van der Waals surface area (Å²) in [5.41, 5.74) is 1.00. The molecule has 0 spiro atoms. The van der Waals surface area contributed by atoms with Crippen LogP contribution in [-0.2, 0) is 9.16 Å². The second kappa shape index (κ2) is 8.00. The van der Waals surface area contributed by atoms with E-state index in [1.807, 2.05) is 4.90 Å². The van der Waals surface area contributed by atoms with Crippen molar-refractivity contribution in [1.29, 1.82) is 0 Å². The molecule has 0 saturated carbocycles. The highest BCUT2D eigenvalue weighted by Crippen LogP contribution is 2.42. The van der Waals surface area contributed by atoms with Gasteiger partial charge < -0.3 is 19.2 Å². The quantitative estimate of drug-likeness (QED) is 0.755. The first-order valence-electron chi connectivity index (χ1n) is 9.92. The summed E-state index contributed by atoms with van der Waals surface area (Å²) in [6, 6.07) is 4.81. The van der Waals surface area contributed by atoms with E-state index in [9.17, 15) is 9.90 Å². The van der Waals surface area contributed by atoms with Crippen LogP contribution in [0.15, 0.2) is 18.2 Å². The lowest BCUT2D eigenvalue weighted by Crippen LogP contribution is -2.42. The van der Waals surface area contributed by atoms with Crippen LogP contribution in [0.5, 0.6) is 0 Å². The lowest BCUT2D eigenvalue weighted by Gasteiger charge is -2.37. The van der Waals surface area contributed by atoms with E-state index in [1.54, 1.807) is 12.1 Å². The van der Waals surface area contributed by atoms with Gasteiger partial charge in [0.05, 0.1) is 24.5 Å². The summed E-state index contributed by atoms with van der Waals surface area (Å²) in [6.07, 6.45) is -0.322. The van der Waals surface area contributed by atoms with Gasteiger partial charge in [0.25, 0.3) is 0 Å². The Morgan fingerprint density at radius 1 is 1.36 bits per heavy atom. The van der Waals surface area contributed by atoms with Crippen molar-refractivity contribution in [2.75, 3.05) is 29.5 Å². The van der Waals surface area contributed by atoms with Gasteiger partial charge in [0.15, 0.2) is 9.04 Å². The number of halogens is 1. The van der Waals surface area contributed by atoms with Crippen LogP contribution in [0.1, 0.15) is 27.2 Å². The molecule has 156 valence electrons. The summed E-state index contributed by atoms with van der Waals surface area (Å²) in [4.78, 5) is 15.3. The highest BCUT2D eigenvalue weighted by Gasteiger charge is 2.43. The molecule has 1 amide bonds. The Hall–Kier alpha value is -1.64. The maximum absolute atomic E-state index is 15.1. The number of amides is 1. The zero-order valence-electron chi connectivity index (χ0n) is 17.3. The molecule has 28 heavy (non-hydrogen) atoms. The second-order valence-corrected chi connectivity index (χ2v) is 11.3. The summed E-state index contributed by atoms with van der Waals surface area (Å²) < 4.78 is 26.5. The molecule has 3 atom stereocenters. The molecule has 1 N–H and O–H groups in total. The van der Waals surface area contributed by atoms with E-state index in [4.69, 9.17) is 9.16 Å². The molecule has 0 bridgehead atoms. The van der Waals surface area contributed by atoms with Crippen LogP contribution in [0.3, 0.4) is 0 Å². The number of nitrogens with zero attached hydrogens (tertiary/aromatic N) is 2. The third-order valence-electron chi connectivity index (χ3n) is 5.49. The third-order valence-corrected chi connectivity index (χ3v) is 6.31. The number of cyclic esters (lactones) is 1. The van der Waals surface area contributed by atoms with E-state index < -0.39 is 21.2 Å². The maximum atomic E-state index is 15.1. The Morgan fingerprint density at radius 3 is 2.61 bits per heavy atom. The van der Waals surface area contributed by atoms with Gasteiger partial charge in [-0.1, -0.05) is 20.8 Å². The lowest BCUT2D eigenvalue weighted by molar-refractivity contribution is 0.0884. The first-order valence-corrected chi connectivity index (χ1v) is 12.7. The summed E-state index contributed by atoms with van der Waals surface area (Å²) in [5.74, 6) is -0.0633. The van der Waals surface area contributed by atoms with E-state index in [0.717, 1.165) is 13.0 Å². The van der Waals surface area contributed by atoms with Crippen LogP contribution in [0.4, 0.5) is 20.6 Å². The average molecular weight is 411 g/mol. The number of ether oxygens (including phenoxy) is 1. The van der Waals surface area contributed by atoms with Crippen molar-refractivity contribution in [2.24, 2.45) is 11.3 Å². The Bertz CT molecular complexity index is 725. The minimum Gasteiger partial charge on any atom is -0.441 e. The topological polar surface area (TPSA) is 62.2 Å². The summed E-state index contributed by atoms with van der Waals surface area (Å²) in [5, 5.41) is 9.19. The van der Waals surface area contributed by atoms with Crippen LogP contribution in [-0.4, -0.2) is 52.3 Å². The molecule has 6 nitrogen and oxygen atoms in total. The molecule has 2 fully saturated rings. The molecular weight excluding hydrogens is 379 g/mol. The van der Waals surface area contributed by atoms with Crippen LogP contribution < -0.4 is 9.80 Å². The average Bonchev–Trinajstić information content (AvgIpc) is 3.17. The van der Waals surface area contributed by atoms with Crippen LogP contribution in [0.2, 0.25) is 13.1 Å². The molecule has 0 aliphatic carbocycles. The Labute approximate surface area is 167 Å². The van der Waals surface area contributed by atoms with Gasteiger partial charge >= 0.3 is 6.09 Å². The van der Waals surface area contributed by atoms with Crippen molar-refractivity contribution in [3.63, 3.8) is 0 Å². The van der Waals surface area contributed by atoms with E-state index in [0.29, 0.717) is 17.3 Å². The van der Waals surface area contributed by atoms with Crippen molar-refractivity contribution >= 4 is 26.5 Å². The molecule has 8 heteroatoms. The highest BCUT2D eigenvalue weighted by atomic mass is 28.3. The predicted molar refractivity (Wildman–Crippen MR) is 110 cm³/mol. The molecular formula is C20H31FN2O4Si. The van der Waals surface area contributed by atoms with Gasteiger partial charge in [-0.3, -0.25) is 4.90 Å². The fourth-order valence-corrected chi connectivity index (χ4v) is 4.95. The number of rotatable bonds is 5. The van der Waals surface area contributed by atoms with Crippen molar-refractivity contribution < 1.29 is 23.5 Å². The maximum Gasteiger partial charge on any atom is 0.414 e. The second-order valence-electron chi connectivity index (χ2n) is 8.96. The number of carbonyl (C=O) groups excluding carboxylic acids is 1. The van der Waals surface area contributed by atoms with Gasteiger partial charge in [0.1, 0.15) is 18.1 Å². The van der Waals surface area contributed by atoms with Crippen molar-refractivity contribution in [1.82, 2.24) is 0 Å². The van der Waals surface area contributed by atoms with Gasteiger partial charge in [0.2, 0.25) is 0 Å². The smallest absolute Gasteiger partial charge is 0.414 e. The lowest BCUT2D eigenvalue weighted by atomic mass is 9.79. The standard InChI is InChI=1S/C20H31FN2O4Si/c1-20(2,3)15-8-9-22(18(15)27-28(4)5)17-7-6-13(10-16(17)21)23-11-14(12-24)26-19(23)25/h6-7,10,14-15,18,24,28H,8-9,11-12H2,1-5H3/t14-,15+,18?/m1/s1. The summed E-state index contributed by atoms with van der Waals surface area (Å²) in [6.45, 7) is 11.6. The number of hydrogen-bond donors (Lipinski definition) is 1. The van der Waals surface area contributed by atoms with Gasteiger partial charge in [0, 0.05) is 12.5 Å². The molecule has 1 aromatic rings. The number of aliphatic hydroxyl groups is 1. The van der Waals surface area contributed by atoms with Crippen molar-refractivity contribution in [3.8, 4) is 0 Å². The number of carbonyl (C=O) groups is 1. The van der Waals surface area contributed by atoms with Crippen LogP contribution in [0.25, 0.3) is 0 Å². The molecule has 2 aliphatic heterocycles. The van der Waals surface area contributed by atoms with E-state index >= 15 is 4.39 Å². The number of benzene rings is 1. The molecule has 0 radical (unpaired) electrons. The first kappa shape index (κ1) is 21.1. The summed E-state index contributed by atoms with van der Waals surface area (Å²) >= 11 is 0. The fraction of sp³-hybridized carbons (Fsp3) is 0.650. The van der Waals surface area contributed by atoms with Crippen molar-refractivity contribution in [3.05, 3.63) is 24.0 Å². The zero-order valence-corrected chi connectivity index (χ0v) is 18.5. The molecule has 1 unspecified atom stereocenters. The SMILES string of the molecule is C[SiH](C)OC1[C@@H](C(C)(C)C)CCN1c1ccc(N2C[C@H](CO)OC2=O)cc1F. The third kappa shape index (κ3) is 4.18. The molecule has 0 aromatic heterocycles. The summed E-state index contributed by atoms with van der Waals surface area (Å²) in [7, 11) is -1.32. The van der Waals surface area contributed by atoms with Crippen LogP contribution >= 0.6 is 0 Å². The molecule has 2 heterocycles. The van der Waals surface area contributed by atoms with Gasteiger partial charge in [-0.05, 0) is 43.1 Å². The van der Waals surface area contributed by atoms with Crippen molar-refractivity contribution in [2.45, 2.75) is 52.6 Å².